The predicted molar refractivity (Wildman–Crippen MR) is 145 cm³/mol. The summed E-state index contributed by atoms with van der Waals surface area (Å²) in [4.78, 5) is 35.9. The number of aryl methyl sites for hydroxylation is 1. The fourth-order valence-corrected chi connectivity index (χ4v) is 5.10. The van der Waals surface area contributed by atoms with E-state index in [2.05, 4.69) is 20.6 Å². The zero-order chi connectivity index (χ0) is 26.8. The first kappa shape index (κ1) is 25.8. The number of hydrogen-bond donors (Lipinski definition) is 2. The zero-order valence-electron chi connectivity index (χ0n) is 21.6. The van der Waals surface area contributed by atoms with Gasteiger partial charge >= 0.3 is 0 Å². The SMILES string of the molecule is COc1cc(C(=O)NC2CCCCC2)c(C)cc1Nc1ncc(Cl)c(Oc2cccc3c2C(=O)N(C)C3)n1. The van der Waals surface area contributed by atoms with Gasteiger partial charge in [-0.3, -0.25) is 9.59 Å². The van der Waals surface area contributed by atoms with Gasteiger partial charge in [0.25, 0.3) is 11.8 Å². The molecule has 0 unspecified atom stereocenters. The van der Waals surface area contributed by atoms with Crippen molar-refractivity contribution in [3.8, 4) is 17.4 Å². The molecule has 1 aliphatic heterocycles. The van der Waals surface area contributed by atoms with Crippen LogP contribution in [0.5, 0.6) is 17.4 Å². The number of ether oxygens (including phenoxy) is 2. The Labute approximate surface area is 226 Å². The molecule has 0 bridgehead atoms. The fraction of sp³-hybridized carbons (Fsp3) is 0.357. The Balaban J connectivity index is 1.37. The summed E-state index contributed by atoms with van der Waals surface area (Å²) in [5, 5.41) is 6.50. The van der Waals surface area contributed by atoms with Crippen LogP contribution >= 0.6 is 11.6 Å². The Hall–Kier alpha value is -3.85. The number of aromatic nitrogens is 2. The van der Waals surface area contributed by atoms with Gasteiger partial charge in [0.05, 0.1) is 24.6 Å². The topological polar surface area (TPSA) is 106 Å². The molecule has 1 aliphatic carbocycles. The Bertz CT molecular complexity index is 1390. The molecule has 10 heteroatoms. The molecule has 1 fully saturated rings. The third kappa shape index (κ3) is 5.24. The third-order valence-corrected chi connectivity index (χ3v) is 7.24. The standard InChI is InChI=1S/C28H30ClN5O4/c1-16-12-21(23(37-3)13-19(16)25(35)31-18-9-5-4-6-10-18)32-28-30-14-20(29)26(33-28)38-22-11-7-8-17-15-34(2)27(36)24(17)22/h7-8,11-14,18H,4-6,9-10,15H2,1-3H3,(H,31,35)(H,30,32,33). The van der Waals surface area contributed by atoms with E-state index in [9.17, 15) is 9.59 Å². The van der Waals surface area contributed by atoms with Gasteiger partial charge in [-0.1, -0.05) is 43.0 Å². The van der Waals surface area contributed by atoms with Crippen LogP contribution in [0.3, 0.4) is 0 Å². The smallest absolute Gasteiger partial charge is 0.258 e. The second kappa shape index (κ2) is 10.9. The maximum atomic E-state index is 13.0. The van der Waals surface area contributed by atoms with Crippen LogP contribution in [0.15, 0.2) is 36.5 Å². The highest BCUT2D eigenvalue weighted by Gasteiger charge is 2.29. The number of rotatable bonds is 7. The predicted octanol–water partition coefficient (Wildman–Crippen LogP) is 5.63. The average molecular weight is 536 g/mol. The van der Waals surface area contributed by atoms with E-state index < -0.39 is 0 Å². The number of nitrogens with one attached hydrogen (secondary N) is 2. The van der Waals surface area contributed by atoms with Crippen LogP contribution in [0, 0.1) is 6.92 Å². The second-order valence-corrected chi connectivity index (χ2v) is 10.1. The van der Waals surface area contributed by atoms with Crippen molar-refractivity contribution in [2.45, 2.75) is 51.6 Å². The maximum absolute atomic E-state index is 13.0. The highest BCUT2D eigenvalue weighted by atomic mass is 35.5. The molecule has 2 amide bonds. The van der Waals surface area contributed by atoms with Gasteiger partial charge in [-0.15, -0.1) is 0 Å². The number of halogens is 1. The van der Waals surface area contributed by atoms with Crippen molar-refractivity contribution in [2.75, 3.05) is 19.5 Å². The van der Waals surface area contributed by atoms with Crippen LogP contribution < -0.4 is 20.1 Å². The molecule has 5 rings (SSSR count). The van der Waals surface area contributed by atoms with Crippen molar-refractivity contribution in [3.63, 3.8) is 0 Å². The van der Waals surface area contributed by atoms with Gasteiger partial charge in [0.15, 0.2) is 0 Å². The van der Waals surface area contributed by atoms with Gasteiger partial charge in [0, 0.05) is 25.2 Å². The number of fused-ring (bicyclic) bond motifs is 1. The van der Waals surface area contributed by atoms with Crippen molar-refractivity contribution in [1.82, 2.24) is 20.2 Å². The highest BCUT2D eigenvalue weighted by Crippen LogP contribution is 2.36. The molecule has 9 nitrogen and oxygen atoms in total. The van der Waals surface area contributed by atoms with Gasteiger partial charge in [-0.05, 0) is 49.1 Å². The van der Waals surface area contributed by atoms with E-state index in [-0.39, 0.29) is 34.7 Å². The van der Waals surface area contributed by atoms with Gasteiger partial charge in [0.2, 0.25) is 11.8 Å². The first-order valence-electron chi connectivity index (χ1n) is 12.7. The van der Waals surface area contributed by atoms with E-state index in [1.165, 1.54) is 12.6 Å². The van der Waals surface area contributed by atoms with Crippen LogP contribution in [-0.4, -0.2) is 46.9 Å². The number of anilines is 2. The van der Waals surface area contributed by atoms with E-state index >= 15 is 0 Å². The maximum Gasteiger partial charge on any atom is 0.258 e. The van der Waals surface area contributed by atoms with Gasteiger partial charge in [0.1, 0.15) is 16.5 Å². The number of carbonyl (C=O) groups excluding carboxylic acids is 2. The van der Waals surface area contributed by atoms with Crippen molar-refractivity contribution in [2.24, 2.45) is 0 Å². The Morgan fingerprint density at radius 2 is 1.95 bits per heavy atom. The monoisotopic (exact) mass is 535 g/mol. The summed E-state index contributed by atoms with van der Waals surface area (Å²) in [7, 11) is 3.28. The molecule has 0 saturated heterocycles. The molecule has 2 heterocycles. The lowest BCUT2D eigenvalue weighted by Crippen LogP contribution is -2.36. The Morgan fingerprint density at radius 1 is 1.16 bits per heavy atom. The van der Waals surface area contributed by atoms with Crippen LogP contribution in [0.1, 0.15) is 63.9 Å². The Kier molecular flexibility index (Phi) is 7.37. The number of methoxy groups -OCH3 is 1. The normalized spacial score (nSPS) is 15.3. The largest absolute Gasteiger partial charge is 0.495 e. The first-order chi connectivity index (χ1) is 18.3. The zero-order valence-corrected chi connectivity index (χ0v) is 22.4. The molecule has 3 aromatic rings. The van der Waals surface area contributed by atoms with Crippen LogP contribution in [0.25, 0.3) is 0 Å². The van der Waals surface area contributed by atoms with Crippen molar-refractivity contribution >= 4 is 35.1 Å². The van der Waals surface area contributed by atoms with Crippen LogP contribution in [0.4, 0.5) is 11.6 Å². The second-order valence-electron chi connectivity index (χ2n) is 9.70. The molecule has 1 aromatic heterocycles. The van der Waals surface area contributed by atoms with E-state index in [0.717, 1.165) is 36.8 Å². The lowest BCUT2D eigenvalue weighted by atomic mass is 9.95. The minimum Gasteiger partial charge on any atom is -0.495 e. The Morgan fingerprint density at radius 3 is 2.71 bits per heavy atom. The molecular weight excluding hydrogens is 506 g/mol. The summed E-state index contributed by atoms with van der Waals surface area (Å²) in [5.41, 5.74) is 3.32. The molecule has 38 heavy (non-hydrogen) atoms. The number of benzene rings is 2. The highest BCUT2D eigenvalue weighted by molar-refractivity contribution is 6.31. The van der Waals surface area contributed by atoms with E-state index in [1.54, 1.807) is 31.2 Å². The molecule has 2 aliphatic rings. The van der Waals surface area contributed by atoms with Crippen molar-refractivity contribution < 1.29 is 19.1 Å². The van der Waals surface area contributed by atoms with Crippen molar-refractivity contribution in [3.05, 3.63) is 63.8 Å². The van der Waals surface area contributed by atoms with Gasteiger partial charge < -0.3 is 25.0 Å². The summed E-state index contributed by atoms with van der Waals surface area (Å²) < 4.78 is 11.6. The van der Waals surface area contributed by atoms with E-state index in [4.69, 9.17) is 21.1 Å². The lowest BCUT2D eigenvalue weighted by Gasteiger charge is -2.23. The first-order valence-corrected chi connectivity index (χ1v) is 13.1. The summed E-state index contributed by atoms with van der Waals surface area (Å²) in [6, 6.07) is 9.19. The van der Waals surface area contributed by atoms with E-state index in [1.807, 2.05) is 25.1 Å². The molecule has 0 atom stereocenters. The summed E-state index contributed by atoms with van der Waals surface area (Å²) >= 11 is 6.34. The molecule has 2 aromatic carbocycles. The third-order valence-electron chi connectivity index (χ3n) is 6.98. The summed E-state index contributed by atoms with van der Waals surface area (Å²) in [6.45, 7) is 2.39. The number of carbonyl (C=O) groups is 2. The summed E-state index contributed by atoms with van der Waals surface area (Å²) in [5.74, 6) is 0.960. The van der Waals surface area contributed by atoms with Gasteiger partial charge in [-0.25, -0.2) is 4.98 Å². The molecular formula is C28H30ClN5O4. The lowest BCUT2D eigenvalue weighted by molar-refractivity contribution is 0.0814. The molecule has 1 saturated carbocycles. The number of hydrogen-bond acceptors (Lipinski definition) is 7. The minimum absolute atomic E-state index is 0.103. The van der Waals surface area contributed by atoms with Gasteiger partial charge in [-0.2, -0.15) is 4.98 Å². The number of amides is 2. The minimum atomic E-state index is -0.119. The molecule has 2 N–H and O–H groups in total. The number of nitrogens with zero attached hydrogens (tertiary/aromatic N) is 3. The molecule has 198 valence electrons. The van der Waals surface area contributed by atoms with Crippen LogP contribution in [0.2, 0.25) is 5.02 Å². The quantitative estimate of drug-likeness (QED) is 0.404. The van der Waals surface area contributed by atoms with Crippen molar-refractivity contribution in [1.29, 1.82) is 0 Å². The van der Waals surface area contributed by atoms with Crippen LogP contribution in [-0.2, 0) is 6.54 Å². The molecule has 0 spiro atoms. The van der Waals surface area contributed by atoms with E-state index in [0.29, 0.717) is 34.9 Å². The average Bonchev–Trinajstić information content (AvgIpc) is 3.20. The summed E-state index contributed by atoms with van der Waals surface area (Å²) in [6.07, 6.45) is 6.95. The molecule has 0 radical (unpaired) electrons. The fourth-order valence-electron chi connectivity index (χ4n) is 4.97.